The topological polar surface area (TPSA) is 55.4 Å². The number of halogens is 1. The van der Waals surface area contributed by atoms with Gasteiger partial charge in [-0.25, -0.2) is 4.79 Å². The Kier molecular flexibility index (Phi) is 5.17. The van der Waals surface area contributed by atoms with Gasteiger partial charge in [0.1, 0.15) is 0 Å². The highest BCUT2D eigenvalue weighted by atomic mass is 35.5. The molecular weight excluding hydrogens is 302 g/mol. The standard InChI is InChI=1S/C17H16ClNO3/c1-3-22-17(21)13-7-8-14(18)15(10-13)19-16(20)12-6-4-5-11(2)9-12/h4-10H,3H2,1-2H3,(H,19,20). The van der Waals surface area contributed by atoms with Crippen LogP contribution in [0.4, 0.5) is 5.69 Å². The molecule has 0 saturated heterocycles. The summed E-state index contributed by atoms with van der Waals surface area (Å²) in [5.74, 6) is -0.739. The number of carbonyl (C=O) groups excluding carboxylic acids is 2. The zero-order valence-corrected chi connectivity index (χ0v) is 13.1. The molecule has 0 bridgehead atoms. The molecule has 0 aliphatic carbocycles. The molecule has 4 nitrogen and oxygen atoms in total. The number of ether oxygens (including phenoxy) is 1. The first-order chi connectivity index (χ1) is 10.5. The summed E-state index contributed by atoms with van der Waals surface area (Å²) in [5, 5.41) is 3.07. The average Bonchev–Trinajstić information content (AvgIpc) is 2.49. The molecule has 1 amide bonds. The van der Waals surface area contributed by atoms with Gasteiger partial charge in [-0.15, -0.1) is 0 Å². The van der Waals surface area contributed by atoms with Crippen molar-refractivity contribution in [3.8, 4) is 0 Å². The van der Waals surface area contributed by atoms with Gasteiger partial charge in [0, 0.05) is 5.56 Å². The van der Waals surface area contributed by atoms with E-state index in [9.17, 15) is 9.59 Å². The van der Waals surface area contributed by atoms with Crippen LogP contribution in [0, 0.1) is 6.92 Å². The molecule has 114 valence electrons. The molecule has 0 saturated carbocycles. The highest BCUT2D eigenvalue weighted by Gasteiger charge is 2.13. The van der Waals surface area contributed by atoms with Crippen LogP contribution in [-0.2, 0) is 4.74 Å². The van der Waals surface area contributed by atoms with E-state index in [0.29, 0.717) is 21.8 Å². The zero-order valence-electron chi connectivity index (χ0n) is 12.4. The molecule has 0 heterocycles. The summed E-state index contributed by atoms with van der Waals surface area (Å²) in [6.45, 7) is 3.92. The minimum atomic E-state index is -0.453. The van der Waals surface area contributed by atoms with E-state index in [-0.39, 0.29) is 12.5 Å². The summed E-state index contributed by atoms with van der Waals surface area (Å²) in [7, 11) is 0. The maximum atomic E-state index is 12.2. The summed E-state index contributed by atoms with van der Waals surface area (Å²) in [4.78, 5) is 24.0. The lowest BCUT2D eigenvalue weighted by atomic mass is 10.1. The van der Waals surface area contributed by atoms with Crippen molar-refractivity contribution < 1.29 is 14.3 Å². The molecule has 0 fully saturated rings. The largest absolute Gasteiger partial charge is 0.462 e. The molecule has 22 heavy (non-hydrogen) atoms. The number of hydrogen-bond acceptors (Lipinski definition) is 3. The smallest absolute Gasteiger partial charge is 0.338 e. The fraction of sp³-hybridized carbons (Fsp3) is 0.176. The Morgan fingerprint density at radius 1 is 1.14 bits per heavy atom. The minimum Gasteiger partial charge on any atom is -0.462 e. The van der Waals surface area contributed by atoms with Crippen LogP contribution in [0.15, 0.2) is 42.5 Å². The van der Waals surface area contributed by atoms with Crippen molar-refractivity contribution in [3.05, 3.63) is 64.2 Å². The van der Waals surface area contributed by atoms with Crippen LogP contribution in [-0.4, -0.2) is 18.5 Å². The highest BCUT2D eigenvalue weighted by Crippen LogP contribution is 2.24. The lowest BCUT2D eigenvalue weighted by Gasteiger charge is -2.09. The summed E-state index contributed by atoms with van der Waals surface area (Å²) >= 11 is 6.07. The molecule has 0 aliphatic rings. The summed E-state index contributed by atoms with van der Waals surface area (Å²) < 4.78 is 4.93. The van der Waals surface area contributed by atoms with E-state index in [4.69, 9.17) is 16.3 Å². The summed E-state index contributed by atoms with van der Waals surface area (Å²) in [6.07, 6.45) is 0. The lowest BCUT2D eigenvalue weighted by molar-refractivity contribution is 0.0526. The molecule has 2 aromatic carbocycles. The van der Waals surface area contributed by atoms with Gasteiger partial charge in [0.25, 0.3) is 5.91 Å². The quantitative estimate of drug-likeness (QED) is 0.864. The Balaban J connectivity index is 2.23. The van der Waals surface area contributed by atoms with Crippen molar-refractivity contribution in [2.75, 3.05) is 11.9 Å². The molecule has 0 atom stereocenters. The number of aryl methyl sites for hydroxylation is 1. The third-order valence-corrected chi connectivity index (χ3v) is 3.34. The Morgan fingerprint density at radius 2 is 1.91 bits per heavy atom. The second-order valence-electron chi connectivity index (χ2n) is 4.74. The van der Waals surface area contributed by atoms with Gasteiger partial charge in [-0.2, -0.15) is 0 Å². The van der Waals surface area contributed by atoms with Gasteiger partial charge in [-0.05, 0) is 44.2 Å². The van der Waals surface area contributed by atoms with Gasteiger partial charge >= 0.3 is 5.97 Å². The zero-order chi connectivity index (χ0) is 16.1. The number of hydrogen-bond donors (Lipinski definition) is 1. The van der Waals surface area contributed by atoms with E-state index in [1.807, 2.05) is 13.0 Å². The molecule has 0 spiro atoms. The third kappa shape index (κ3) is 3.86. The molecule has 0 aromatic heterocycles. The van der Waals surface area contributed by atoms with Crippen molar-refractivity contribution in [1.29, 1.82) is 0 Å². The van der Waals surface area contributed by atoms with E-state index in [1.165, 1.54) is 6.07 Å². The first-order valence-corrected chi connectivity index (χ1v) is 7.23. The van der Waals surface area contributed by atoms with E-state index in [2.05, 4.69) is 5.32 Å². The number of rotatable bonds is 4. The number of carbonyl (C=O) groups is 2. The van der Waals surface area contributed by atoms with Crippen molar-refractivity contribution in [2.24, 2.45) is 0 Å². The van der Waals surface area contributed by atoms with Crippen LogP contribution in [0.3, 0.4) is 0 Å². The molecule has 0 aliphatic heterocycles. The number of anilines is 1. The monoisotopic (exact) mass is 317 g/mol. The van der Waals surface area contributed by atoms with Crippen LogP contribution in [0.1, 0.15) is 33.2 Å². The Morgan fingerprint density at radius 3 is 2.59 bits per heavy atom. The molecule has 5 heteroatoms. The molecular formula is C17H16ClNO3. The van der Waals surface area contributed by atoms with Crippen LogP contribution >= 0.6 is 11.6 Å². The molecule has 1 N–H and O–H groups in total. The lowest BCUT2D eigenvalue weighted by Crippen LogP contribution is -2.13. The first kappa shape index (κ1) is 16.0. The van der Waals surface area contributed by atoms with Crippen molar-refractivity contribution in [1.82, 2.24) is 0 Å². The number of nitrogens with one attached hydrogen (secondary N) is 1. The maximum Gasteiger partial charge on any atom is 0.338 e. The van der Waals surface area contributed by atoms with Crippen molar-refractivity contribution in [2.45, 2.75) is 13.8 Å². The van der Waals surface area contributed by atoms with Gasteiger partial charge < -0.3 is 10.1 Å². The third-order valence-electron chi connectivity index (χ3n) is 3.01. The molecule has 0 unspecified atom stereocenters. The highest BCUT2D eigenvalue weighted by molar-refractivity contribution is 6.34. The van der Waals surface area contributed by atoms with Gasteiger partial charge in [-0.3, -0.25) is 4.79 Å². The minimum absolute atomic E-state index is 0.284. The SMILES string of the molecule is CCOC(=O)c1ccc(Cl)c(NC(=O)c2cccc(C)c2)c1. The average molecular weight is 318 g/mol. The molecule has 2 rings (SSSR count). The summed E-state index contributed by atoms with van der Waals surface area (Å²) in [5.41, 5.74) is 2.22. The van der Waals surface area contributed by atoms with Crippen molar-refractivity contribution >= 4 is 29.2 Å². The molecule has 2 aromatic rings. The molecule has 0 radical (unpaired) electrons. The van der Waals surface area contributed by atoms with Crippen LogP contribution in [0.25, 0.3) is 0 Å². The summed E-state index contributed by atoms with van der Waals surface area (Å²) in [6, 6.07) is 11.8. The van der Waals surface area contributed by atoms with Crippen LogP contribution in [0.5, 0.6) is 0 Å². The van der Waals surface area contributed by atoms with E-state index >= 15 is 0 Å². The maximum absolute atomic E-state index is 12.2. The first-order valence-electron chi connectivity index (χ1n) is 6.86. The van der Waals surface area contributed by atoms with E-state index < -0.39 is 5.97 Å². The Hall–Kier alpha value is -2.33. The van der Waals surface area contributed by atoms with Gasteiger partial charge in [0.05, 0.1) is 22.9 Å². The normalized spacial score (nSPS) is 10.1. The van der Waals surface area contributed by atoms with Gasteiger partial charge in [-0.1, -0.05) is 29.3 Å². The number of benzene rings is 2. The van der Waals surface area contributed by atoms with Crippen LogP contribution in [0.2, 0.25) is 5.02 Å². The van der Waals surface area contributed by atoms with Gasteiger partial charge in [0.2, 0.25) is 0 Å². The fourth-order valence-electron chi connectivity index (χ4n) is 1.94. The van der Waals surface area contributed by atoms with Crippen LogP contribution < -0.4 is 5.32 Å². The van der Waals surface area contributed by atoms with E-state index in [1.54, 1.807) is 37.3 Å². The predicted octanol–water partition coefficient (Wildman–Crippen LogP) is 4.08. The Labute approximate surface area is 134 Å². The number of amides is 1. The number of esters is 1. The second-order valence-corrected chi connectivity index (χ2v) is 5.15. The predicted molar refractivity (Wildman–Crippen MR) is 86.5 cm³/mol. The van der Waals surface area contributed by atoms with E-state index in [0.717, 1.165) is 5.56 Å². The van der Waals surface area contributed by atoms with Gasteiger partial charge in [0.15, 0.2) is 0 Å². The second kappa shape index (κ2) is 7.09. The Bertz CT molecular complexity index is 713. The fourth-order valence-corrected chi connectivity index (χ4v) is 2.11. The van der Waals surface area contributed by atoms with Crippen molar-refractivity contribution in [3.63, 3.8) is 0 Å².